The van der Waals surface area contributed by atoms with E-state index in [2.05, 4.69) is 10.3 Å². The Labute approximate surface area is 188 Å². The van der Waals surface area contributed by atoms with Crippen LogP contribution in [0.1, 0.15) is 0 Å². The van der Waals surface area contributed by atoms with Crippen LogP contribution >= 0.6 is 11.3 Å². The van der Waals surface area contributed by atoms with Gasteiger partial charge in [0.05, 0.1) is 18.5 Å². The highest BCUT2D eigenvalue weighted by Gasteiger charge is 2.17. The number of aromatic nitrogens is 4. The molecule has 5 aromatic rings. The van der Waals surface area contributed by atoms with E-state index in [0.29, 0.717) is 16.5 Å². The van der Waals surface area contributed by atoms with E-state index in [1.807, 2.05) is 84.2 Å². The van der Waals surface area contributed by atoms with Crippen molar-refractivity contribution in [1.82, 2.24) is 20.0 Å². The highest BCUT2D eigenvalue weighted by molar-refractivity contribution is 7.13. The molecule has 7 nitrogen and oxygen atoms in total. The second kappa shape index (κ2) is 8.52. The third-order valence-corrected chi connectivity index (χ3v) is 5.69. The smallest absolute Gasteiger partial charge is 0.165 e. The van der Waals surface area contributed by atoms with E-state index in [-0.39, 0.29) is 0 Å². The summed E-state index contributed by atoms with van der Waals surface area (Å²) in [5.74, 6) is 2.70. The lowest BCUT2D eigenvalue weighted by Crippen LogP contribution is -2.02. The first-order chi connectivity index (χ1) is 15.7. The predicted molar refractivity (Wildman–Crippen MR) is 125 cm³/mol. The van der Waals surface area contributed by atoms with Crippen molar-refractivity contribution in [2.75, 3.05) is 12.8 Å². The molecule has 0 bridgehead atoms. The molecule has 5 rings (SSSR count). The topological polar surface area (TPSA) is 88.1 Å². The molecule has 2 aromatic heterocycles. The van der Waals surface area contributed by atoms with Gasteiger partial charge in [-0.2, -0.15) is 4.68 Å². The van der Waals surface area contributed by atoms with Crippen molar-refractivity contribution in [3.63, 3.8) is 0 Å². The molecule has 8 heteroatoms. The number of methoxy groups -OCH3 is 1. The molecule has 0 saturated carbocycles. The largest absolute Gasteiger partial charge is 0.497 e. The maximum atomic E-state index is 6.38. The molecule has 3 aromatic carbocycles. The Bertz CT molecular complexity index is 1350. The lowest BCUT2D eigenvalue weighted by atomic mass is 10.2. The van der Waals surface area contributed by atoms with Crippen molar-refractivity contribution in [2.45, 2.75) is 0 Å². The van der Waals surface area contributed by atoms with E-state index in [1.54, 1.807) is 11.8 Å². The molecule has 0 aliphatic rings. The summed E-state index contributed by atoms with van der Waals surface area (Å²) in [6, 6.07) is 24.9. The number of nitrogens with two attached hydrogens (primary N) is 1. The van der Waals surface area contributed by atoms with Gasteiger partial charge in [0.25, 0.3) is 0 Å². The molecule has 0 saturated heterocycles. The summed E-state index contributed by atoms with van der Waals surface area (Å²) < 4.78 is 12.7. The fourth-order valence-corrected chi connectivity index (χ4v) is 4.03. The third kappa shape index (κ3) is 3.91. The molecule has 0 spiro atoms. The highest BCUT2D eigenvalue weighted by atomic mass is 32.1. The first-order valence-corrected chi connectivity index (χ1v) is 10.7. The van der Waals surface area contributed by atoms with Gasteiger partial charge < -0.3 is 15.2 Å². The Kier molecular flexibility index (Phi) is 5.27. The van der Waals surface area contributed by atoms with Crippen LogP contribution in [-0.2, 0) is 0 Å². The summed E-state index contributed by atoms with van der Waals surface area (Å²) in [6.07, 6.45) is 0. The average molecular weight is 442 g/mol. The van der Waals surface area contributed by atoms with Crippen LogP contribution in [0.4, 0.5) is 5.82 Å². The van der Waals surface area contributed by atoms with Crippen LogP contribution in [0.15, 0.2) is 84.2 Å². The number of nitrogen functional groups attached to an aromatic ring is 1. The van der Waals surface area contributed by atoms with Crippen molar-refractivity contribution >= 4 is 17.2 Å². The predicted octanol–water partition coefficient (Wildman–Crippen LogP) is 5.44. The van der Waals surface area contributed by atoms with Crippen molar-refractivity contribution in [3.05, 3.63) is 84.2 Å². The monoisotopic (exact) mass is 441 g/mol. The van der Waals surface area contributed by atoms with Gasteiger partial charge in [-0.1, -0.05) is 35.5 Å². The van der Waals surface area contributed by atoms with Gasteiger partial charge in [-0.3, -0.25) is 0 Å². The Balaban J connectivity index is 1.38. The number of benzene rings is 3. The summed E-state index contributed by atoms with van der Waals surface area (Å²) in [4.78, 5) is 4.70. The van der Waals surface area contributed by atoms with E-state index in [0.717, 1.165) is 34.2 Å². The molecule has 32 heavy (non-hydrogen) atoms. The fourth-order valence-electron chi connectivity index (χ4n) is 3.21. The lowest BCUT2D eigenvalue weighted by molar-refractivity contribution is 0.415. The standard InChI is InChI=1S/C24H19N5O2S/c1-30-20-9-5-6-16(14-20)21-15-32-24(26-21)22-23(25)29(28-27-22)17-10-12-19(13-11-17)31-18-7-3-2-4-8-18/h2-15H,25H2,1H3. The maximum Gasteiger partial charge on any atom is 0.165 e. The van der Waals surface area contributed by atoms with Crippen LogP contribution in [0, 0.1) is 0 Å². The minimum Gasteiger partial charge on any atom is -0.497 e. The quantitative estimate of drug-likeness (QED) is 0.377. The first-order valence-electron chi connectivity index (χ1n) is 9.86. The molecule has 0 atom stereocenters. The Morgan fingerprint density at radius 2 is 1.62 bits per heavy atom. The highest BCUT2D eigenvalue weighted by Crippen LogP contribution is 2.33. The maximum absolute atomic E-state index is 6.38. The van der Waals surface area contributed by atoms with Crippen LogP contribution < -0.4 is 15.2 Å². The van der Waals surface area contributed by atoms with E-state index < -0.39 is 0 Å². The zero-order valence-electron chi connectivity index (χ0n) is 17.2. The van der Waals surface area contributed by atoms with Crippen molar-refractivity contribution in [3.8, 4) is 44.9 Å². The van der Waals surface area contributed by atoms with Gasteiger partial charge in [-0.15, -0.1) is 16.4 Å². The number of para-hydroxylation sites is 1. The van der Waals surface area contributed by atoms with Crippen LogP contribution in [0.3, 0.4) is 0 Å². The number of nitrogens with zero attached hydrogens (tertiary/aromatic N) is 4. The number of rotatable bonds is 6. The molecule has 2 N–H and O–H groups in total. The van der Waals surface area contributed by atoms with Gasteiger partial charge in [0.15, 0.2) is 11.5 Å². The number of thiazole rings is 1. The molecule has 0 aliphatic carbocycles. The molecule has 158 valence electrons. The molecule has 0 radical (unpaired) electrons. The van der Waals surface area contributed by atoms with Crippen molar-refractivity contribution < 1.29 is 9.47 Å². The Hall–Kier alpha value is -4.17. The van der Waals surface area contributed by atoms with Crippen LogP contribution in [0.25, 0.3) is 27.6 Å². The van der Waals surface area contributed by atoms with Crippen molar-refractivity contribution in [2.24, 2.45) is 0 Å². The summed E-state index contributed by atoms with van der Waals surface area (Å²) in [5, 5.41) is 11.2. The van der Waals surface area contributed by atoms with E-state index in [1.165, 1.54) is 11.3 Å². The fraction of sp³-hybridized carbons (Fsp3) is 0.0417. The van der Waals surface area contributed by atoms with Gasteiger partial charge in [-0.05, 0) is 48.5 Å². The third-order valence-electron chi connectivity index (χ3n) is 4.84. The van der Waals surface area contributed by atoms with Crippen LogP contribution in [0.2, 0.25) is 0 Å². The van der Waals surface area contributed by atoms with Crippen molar-refractivity contribution in [1.29, 1.82) is 0 Å². The summed E-state index contributed by atoms with van der Waals surface area (Å²) in [6.45, 7) is 0. The molecular weight excluding hydrogens is 422 g/mol. The summed E-state index contributed by atoms with van der Waals surface area (Å²) in [7, 11) is 1.64. The molecule has 0 fully saturated rings. The average Bonchev–Trinajstić information content (AvgIpc) is 3.47. The molecular formula is C24H19N5O2S. The zero-order valence-corrected chi connectivity index (χ0v) is 18.0. The number of hydrogen-bond donors (Lipinski definition) is 1. The summed E-state index contributed by atoms with van der Waals surface area (Å²) >= 11 is 1.47. The van der Waals surface area contributed by atoms with Gasteiger partial charge in [-0.25, -0.2) is 4.98 Å². The summed E-state index contributed by atoms with van der Waals surface area (Å²) in [5.41, 5.74) is 9.51. The Morgan fingerprint density at radius 3 is 2.41 bits per heavy atom. The normalized spacial score (nSPS) is 10.8. The van der Waals surface area contributed by atoms with Crippen LogP contribution in [0.5, 0.6) is 17.2 Å². The van der Waals surface area contributed by atoms with E-state index in [4.69, 9.17) is 20.2 Å². The number of hydrogen-bond acceptors (Lipinski definition) is 7. The lowest BCUT2D eigenvalue weighted by Gasteiger charge is -2.07. The van der Waals surface area contributed by atoms with E-state index >= 15 is 0 Å². The van der Waals surface area contributed by atoms with Gasteiger partial charge >= 0.3 is 0 Å². The number of ether oxygens (including phenoxy) is 2. The van der Waals surface area contributed by atoms with Gasteiger partial charge in [0.2, 0.25) is 0 Å². The molecule has 2 heterocycles. The number of anilines is 1. The second-order valence-corrected chi connectivity index (χ2v) is 7.77. The Morgan fingerprint density at radius 1 is 0.875 bits per heavy atom. The SMILES string of the molecule is COc1cccc(-c2csc(-c3nnn(-c4ccc(Oc5ccccc5)cc4)c3N)n2)c1. The van der Waals surface area contributed by atoms with E-state index in [9.17, 15) is 0 Å². The minimum atomic E-state index is 0.424. The minimum absolute atomic E-state index is 0.424. The first kappa shape index (κ1) is 19.8. The second-order valence-electron chi connectivity index (χ2n) is 6.91. The van der Waals surface area contributed by atoms with Gasteiger partial charge in [0.1, 0.15) is 22.3 Å². The molecule has 0 amide bonds. The molecule has 0 unspecified atom stereocenters. The molecule has 0 aliphatic heterocycles. The van der Waals surface area contributed by atoms with Gasteiger partial charge in [0, 0.05) is 10.9 Å². The van der Waals surface area contributed by atoms with Crippen LogP contribution in [-0.4, -0.2) is 27.1 Å². The zero-order chi connectivity index (χ0) is 21.9.